The lowest BCUT2D eigenvalue weighted by Crippen LogP contribution is -2.34. The molecule has 0 amide bonds. The Balaban J connectivity index is 1.98. The number of nitriles is 1. The molecule has 2 aromatic heterocycles. The average molecular weight is 428 g/mol. The number of alkyl halides is 3. The third-order valence-electron chi connectivity index (χ3n) is 5.41. The number of halogens is 3. The van der Waals surface area contributed by atoms with Crippen molar-refractivity contribution in [1.29, 1.82) is 5.26 Å². The summed E-state index contributed by atoms with van der Waals surface area (Å²) in [5.74, 6) is 1.14. The van der Waals surface area contributed by atoms with Crippen LogP contribution in [0.2, 0.25) is 0 Å². The summed E-state index contributed by atoms with van der Waals surface area (Å²) in [5, 5.41) is 14.0. The van der Waals surface area contributed by atoms with E-state index in [0.717, 1.165) is 0 Å². The van der Waals surface area contributed by atoms with Crippen molar-refractivity contribution >= 4 is 22.5 Å². The number of hydrogen-bond acceptors (Lipinski definition) is 6. The predicted molar refractivity (Wildman–Crippen MR) is 108 cm³/mol. The van der Waals surface area contributed by atoms with E-state index in [1.54, 1.807) is 19.9 Å². The molecule has 4 rings (SSSR count). The number of fused-ring (bicyclic) bond motifs is 1. The Kier molecular flexibility index (Phi) is 5.17. The highest BCUT2D eigenvalue weighted by atomic mass is 19.4. The molecule has 0 bridgehead atoms. The highest BCUT2D eigenvalue weighted by molar-refractivity contribution is 5.96. The van der Waals surface area contributed by atoms with Crippen LogP contribution in [0.1, 0.15) is 35.2 Å². The number of benzene rings is 1. The van der Waals surface area contributed by atoms with Gasteiger partial charge in [0.15, 0.2) is 5.76 Å². The summed E-state index contributed by atoms with van der Waals surface area (Å²) in [6.07, 6.45) is -4.77. The maximum absolute atomic E-state index is 13.0. The molecule has 31 heavy (non-hydrogen) atoms. The first-order valence-electron chi connectivity index (χ1n) is 9.80. The second-order valence-corrected chi connectivity index (χ2v) is 7.74. The molecule has 0 aliphatic carbocycles. The summed E-state index contributed by atoms with van der Waals surface area (Å²) in [6, 6.07) is 6.39. The molecule has 0 N–H and O–H groups in total. The van der Waals surface area contributed by atoms with Crippen LogP contribution in [0.15, 0.2) is 22.7 Å². The van der Waals surface area contributed by atoms with E-state index in [1.165, 1.54) is 12.1 Å². The summed E-state index contributed by atoms with van der Waals surface area (Å²) in [4.78, 5) is 18.4. The lowest BCUT2D eigenvalue weighted by molar-refractivity contribution is -0.127. The van der Waals surface area contributed by atoms with Gasteiger partial charge < -0.3 is 9.42 Å². The van der Waals surface area contributed by atoms with Gasteiger partial charge in [0.05, 0.1) is 28.8 Å². The Bertz CT molecular complexity index is 1210. The summed E-state index contributed by atoms with van der Waals surface area (Å²) in [5.41, 5.74) is 2.31. The molecule has 1 fully saturated rings. The molecule has 0 spiro atoms. The van der Waals surface area contributed by atoms with Gasteiger partial charge in [-0.05, 0) is 37.1 Å². The summed E-state index contributed by atoms with van der Waals surface area (Å²) >= 11 is 0. The van der Waals surface area contributed by atoms with E-state index < -0.39 is 12.6 Å². The fraction of sp³-hybridized carbons (Fsp3) is 0.364. The number of piperidine rings is 1. The number of carbonyl (C=O) groups excluding carboxylic acids is 1. The summed E-state index contributed by atoms with van der Waals surface area (Å²) in [7, 11) is 0. The molecule has 0 unspecified atom stereocenters. The van der Waals surface area contributed by atoms with Gasteiger partial charge in [-0.15, -0.1) is 0 Å². The smallest absolute Gasteiger partial charge is 0.356 e. The van der Waals surface area contributed by atoms with Crippen molar-refractivity contribution in [3.8, 4) is 17.4 Å². The van der Waals surface area contributed by atoms with Crippen molar-refractivity contribution in [3.63, 3.8) is 0 Å². The molecular weight excluding hydrogens is 409 g/mol. The third kappa shape index (κ3) is 4.10. The van der Waals surface area contributed by atoms with Crippen LogP contribution in [0.25, 0.3) is 22.2 Å². The van der Waals surface area contributed by atoms with Gasteiger partial charge in [0, 0.05) is 37.4 Å². The molecule has 9 heteroatoms. The first kappa shape index (κ1) is 20.8. The molecule has 1 aliphatic heterocycles. The largest absolute Gasteiger partial charge is 0.393 e. The minimum Gasteiger partial charge on any atom is -0.356 e. The number of rotatable bonds is 3. The van der Waals surface area contributed by atoms with E-state index >= 15 is 0 Å². The Morgan fingerprint density at radius 1 is 1.19 bits per heavy atom. The quantitative estimate of drug-likeness (QED) is 0.604. The molecular formula is C22H19F3N4O2. The van der Waals surface area contributed by atoms with E-state index in [2.05, 4.69) is 5.16 Å². The van der Waals surface area contributed by atoms with Crippen molar-refractivity contribution in [3.05, 3.63) is 40.6 Å². The number of carbonyl (C=O) groups is 1. The van der Waals surface area contributed by atoms with Crippen LogP contribution in [-0.2, 0) is 11.2 Å². The van der Waals surface area contributed by atoms with Crippen LogP contribution in [0, 0.1) is 25.2 Å². The summed E-state index contributed by atoms with van der Waals surface area (Å²) < 4.78 is 44.5. The average Bonchev–Trinajstić information content (AvgIpc) is 3.13. The van der Waals surface area contributed by atoms with E-state index in [9.17, 15) is 23.2 Å². The van der Waals surface area contributed by atoms with Gasteiger partial charge in [0.2, 0.25) is 0 Å². The van der Waals surface area contributed by atoms with E-state index in [4.69, 9.17) is 9.51 Å². The number of aromatic nitrogens is 2. The molecule has 160 valence electrons. The Morgan fingerprint density at radius 3 is 2.48 bits per heavy atom. The lowest BCUT2D eigenvalue weighted by atomic mass is 9.95. The SMILES string of the molecule is Cc1cc(-c2c(N3CCC(=O)CC3)nc3c(C#N)cc(CC(F)(F)F)cc3c2C)on1. The molecule has 3 aromatic rings. The van der Waals surface area contributed by atoms with Gasteiger partial charge in [-0.2, -0.15) is 18.4 Å². The highest BCUT2D eigenvalue weighted by Gasteiger charge is 2.30. The fourth-order valence-electron chi connectivity index (χ4n) is 3.96. The number of anilines is 1. The molecule has 0 atom stereocenters. The van der Waals surface area contributed by atoms with Crippen molar-refractivity contribution in [2.75, 3.05) is 18.0 Å². The first-order chi connectivity index (χ1) is 14.7. The fourth-order valence-corrected chi connectivity index (χ4v) is 3.96. The van der Waals surface area contributed by atoms with Crippen LogP contribution in [0.4, 0.5) is 19.0 Å². The van der Waals surface area contributed by atoms with Crippen LogP contribution >= 0.6 is 0 Å². The molecule has 0 saturated carbocycles. The Hall–Kier alpha value is -3.41. The highest BCUT2D eigenvalue weighted by Crippen LogP contribution is 2.39. The van der Waals surface area contributed by atoms with E-state index in [1.807, 2.05) is 11.0 Å². The van der Waals surface area contributed by atoms with Gasteiger partial charge in [0.25, 0.3) is 0 Å². The van der Waals surface area contributed by atoms with Crippen molar-refractivity contribution in [1.82, 2.24) is 10.1 Å². The standard InChI is InChI=1S/C22H19F3N4O2/c1-12-7-18(31-28-12)19-13(2)17-9-14(10-22(23,24)25)8-15(11-26)20(17)27-21(19)29-5-3-16(30)4-6-29/h7-9H,3-6,10H2,1-2H3. The minimum absolute atomic E-state index is 0.00234. The molecule has 1 aromatic carbocycles. The lowest BCUT2D eigenvalue weighted by Gasteiger charge is -2.29. The maximum atomic E-state index is 13.0. The van der Waals surface area contributed by atoms with Crippen LogP contribution in [-0.4, -0.2) is 35.2 Å². The number of aryl methyl sites for hydroxylation is 2. The zero-order valence-electron chi connectivity index (χ0n) is 17.0. The predicted octanol–water partition coefficient (Wildman–Crippen LogP) is 4.65. The molecule has 6 nitrogen and oxygen atoms in total. The minimum atomic E-state index is -4.40. The van der Waals surface area contributed by atoms with Gasteiger partial charge >= 0.3 is 6.18 Å². The number of Topliss-reactive ketones (excluding diaryl/α,β-unsaturated/α-hetero) is 1. The zero-order chi connectivity index (χ0) is 22.3. The maximum Gasteiger partial charge on any atom is 0.393 e. The second-order valence-electron chi connectivity index (χ2n) is 7.74. The van der Waals surface area contributed by atoms with Gasteiger partial charge in [0.1, 0.15) is 17.7 Å². The van der Waals surface area contributed by atoms with Crippen molar-refractivity contribution in [2.24, 2.45) is 0 Å². The molecule has 3 heterocycles. The number of ketones is 1. The monoisotopic (exact) mass is 428 g/mol. The van der Waals surface area contributed by atoms with Crippen LogP contribution < -0.4 is 4.90 Å². The van der Waals surface area contributed by atoms with Crippen LogP contribution in [0.5, 0.6) is 0 Å². The van der Waals surface area contributed by atoms with Gasteiger partial charge in [-0.1, -0.05) is 5.16 Å². The topological polar surface area (TPSA) is 83.0 Å². The Labute approximate surface area is 176 Å². The first-order valence-corrected chi connectivity index (χ1v) is 9.80. The third-order valence-corrected chi connectivity index (χ3v) is 5.41. The van der Waals surface area contributed by atoms with E-state index in [0.29, 0.717) is 65.2 Å². The van der Waals surface area contributed by atoms with Gasteiger partial charge in [-0.3, -0.25) is 4.79 Å². The molecule has 1 aliphatic rings. The zero-order valence-corrected chi connectivity index (χ0v) is 17.0. The Morgan fingerprint density at radius 2 is 1.90 bits per heavy atom. The van der Waals surface area contributed by atoms with E-state index in [-0.39, 0.29) is 16.9 Å². The second kappa shape index (κ2) is 7.69. The van der Waals surface area contributed by atoms with Crippen molar-refractivity contribution < 1.29 is 22.5 Å². The number of nitrogens with zero attached hydrogens (tertiary/aromatic N) is 4. The van der Waals surface area contributed by atoms with Gasteiger partial charge in [-0.25, -0.2) is 4.98 Å². The summed E-state index contributed by atoms with van der Waals surface area (Å²) in [6.45, 7) is 4.47. The number of hydrogen-bond donors (Lipinski definition) is 0. The number of pyridine rings is 1. The van der Waals surface area contributed by atoms with Crippen LogP contribution in [0.3, 0.4) is 0 Å². The molecule has 0 radical (unpaired) electrons. The van der Waals surface area contributed by atoms with Crippen molar-refractivity contribution in [2.45, 2.75) is 39.3 Å². The normalized spacial score (nSPS) is 14.8. The molecule has 1 saturated heterocycles.